The van der Waals surface area contributed by atoms with Gasteiger partial charge >= 0.3 is 0 Å². The third-order valence-corrected chi connectivity index (χ3v) is 6.60. The molecule has 2 aliphatic rings. The van der Waals surface area contributed by atoms with Crippen molar-refractivity contribution >= 4 is 11.8 Å². The van der Waals surface area contributed by atoms with E-state index in [-0.39, 0.29) is 23.5 Å². The van der Waals surface area contributed by atoms with E-state index in [4.69, 9.17) is 0 Å². The Labute approximate surface area is 188 Å². The van der Waals surface area contributed by atoms with Crippen molar-refractivity contribution in [3.05, 3.63) is 58.9 Å². The number of likely N-dealkylation sites (tertiary alicyclic amines) is 2. The predicted molar refractivity (Wildman–Crippen MR) is 120 cm³/mol. The molecule has 0 atom stereocenters. The lowest BCUT2D eigenvalue weighted by Crippen LogP contribution is -2.38. The molecule has 7 heteroatoms. The SMILES string of the molecule is Cc1nc(C2CCN(C(=O)CCCc3ccc(F)cc3)CC2)ncc1C(=O)N1CCCC1. The fraction of sp³-hybridized carbons (Fsp3) is 0.520. The molecule has 2 fully saturated rings. The molecule has 0 N–H and O–H groups in total. The number of nitrogens with zero attached hydrogens (tertiary/aromatic N) is 4. The normalized spacial score (nSPS) is 17.1. The van der Waals surface area contributed by atoms with Crippen LogP contribution in [-0.4, -0.2) is 57.8 Å². The molecule has 0 radical (unpaired) electrons. The summed E-state index contributed by atoms with van der Waals surface area (Å²) in [5, 5.41) is 0. The summed E-state index contributed by atoms with van der Waals surface area (Å²) in [5.41, 5.74) is 2.40. The molecule has 32 heavy (non-hydrogen) atoms. The number of piperidine rings is 1. The Bertz CT molecular complexity index is 949. The Kier molecular flexibility index (Phi) is 7.12. The molecule has 170 valence electrons. The summed E-state index contributed by atoms with van der Waals surface area (Å²) in [6.07, 6.45) is 7.53. The quantitative estimate of drug-likeness (QED) is 0.686. The highest BCUT2D eigenvalue weighted by molar-refractivity contribution is 5.95. The van der Waals surface area contributed by atoms with Crippen molar-refractivity contribution in [1.82, 2.24) is 19.8 Å². The van der Waals surface area contributed by atoms with E-state index in [0.29, 0.717) is 25.1 Å². The van der Waals surface area contributed by atoms with E-state index >= 15 is 0 Å². The van der Waals surface area contributed by atoms with E-state index in [1.807, 2.05) is 16.7 Å². The molecular weight excluding hydrogens is 407 g/mol. The summed E-state index contributed by atoms with van der Waals surface area (Å²) in [7, 11) is 0. The van der Waals surface area contributed by atoms with Crippen LogP contribution in [0.3, 0.4) is 0 Å². The number of hydrogen-bond donors (Lipinski definition) is 0. The van der Waals surface area contributed by atoms with Gasteiger partial charge in [-0.3, -0.25) is 9.59 Å². The molecule has 2 aromatic rings. The molecule has 6 nitrogen and oxygen atoms in total. The summed E-state index contributed by atoms with van der Waals surface area (Å²) in [6.45, 7) is 4.93. The van der Waals surface area contributed by atoms with Crippen LogP contribution in [0, 0.1) is 12.7 Å². The third-order valence-electron chi connectivity index (χ3n) is 6.60. The lowest BCUT2D eigenvalue weighted by Gasteiger charge is -2.31. The third kappa shape index (κ3) is 5.31. The van der Waals surface area contributed by atoms with Gasteiger partial charge in [-0.1, -0.05) is 12.1 Å². The molecule has 2 amide bonds. The van der Waals surface area contributed by atoms with Gasteiger partial charge in [-0.25, -0.2) is 14.4 Å². The summed E-state index contributed by atoms with van der Waals surface area (Å²) in [6, 6.07) is 6.47. The first-order chi connectivity index (χ1) is 15.5. The van der Waals surface area contributed by atoms with Crippen LogP contribution in [0.25, 0.3) is 0 Å². The van der Waals surface area contributed by atoms with Gasteiger partial charge in [0, 0.05) is 44.7 Å². The minimum Gasteiger partial charge on any atom is -0.343 e. The average molecular weight is 439 g/mol. The summed E-state index contributed by atoms with van der Waals surface area (Å²) >= 11 is 0. The number of aryl methyl sites for hydroxylation is 2. The van der Waals surface area contributed by atoms with E-state index in [9.17, 15) is 14.0 Å². The zero-order valence-corrected chi connectivity index (χ0v) is 18.7. The molecule has 0 aliphatic carbocycles. The molecule has 2 aliphatic heterocycles. The molecule has 1 aromatic carbocycles. The van der Waals surface area contributed by atoms with Gasteiger partial charge in [0.1, 0.15) is 11.6 Å². The highest BCUT2D eigenvalue weighted by atomic mass is 19.1. The largest absolute Gasteiger partial charge is 0.343 e. The lowest BCUT2D eigenvalue weighted by molar-refractivity contribution is -0.132. The Morgan fingerprint density at radius 2 is 1.72 bits per heavy atom. The molecular formula is C25H31FN4O2. The van der Waals surface area contributed by atoms with Gasteiger partial charge < -0.3 is 9.80 Å². The highest BCUT2D eigenvalue weighted by Gasteiger charge is 2.27. The second-order valence-corrected chi connectivity index (χ2v) is 8.86. The van der Waals surface area contributed by atoms with Crippen LogP contribution in [-0.2, 0) is 11.2 Å². The molecule has 0 spiro atoms. The first-order valence-corrected chi connectivity index (χ1v) is 11.7. The van der Waals surface area contributed by atoms with Crippen molar-refractivity contribution in [3.63, 3.8) is 0 Å². The first kappa shape index (κ1) is 22.4. The Hall–Kier alpha value is -2.83. The van der Waals surface area contributed by atoms with Crippen LogP contribution in [0.4, 0.5) is 4.39 Å². The standard InChI is InChI=1S/C25H31FN4O2/c1-18-22(25(32)30-13-2-3-14-30)17-27-24(28-18)20-11-15-29(16-12-20)23(31)6-4-5-19-7-9-21(26)10-8-19/h7-10,17,20H,2-6,11-16H2,1H3. The van der Waals surface area contributed by atoms with Crippen molar-refractivity contribution in [2.75, 3.05) is 26.2 Å². The lowest BCUT2D eigenvalue weighted by atomic mass is 9.95. The summed E-state index contributed by atoms with van der Waals surface area (Å²) in [4.78, 5) is 38.2. The second kappa shape index (κ2) is 10.2. The minimum atomic E-state index is -0.236. The number of carbonyl (C=O) groups excluding carboxylic acids is 2. The maximum absolute atomic E-state index is 13.0. The molecule has 2 saturated heterocycles. The highest BCUT2D eigenvalue weighted by Crippen LogP contribution is 2.27. The molecule has 0 unspecified atom stereocenters. The number of benzene rings is 1. The number of aromatic nitrogens is 2. The van der Waals surface area contributed by atoms with Crippen LogP contribution in [0.2, 0.25) is 0 Å². The summed E-state index contributed by atoms with van der Waals surface area (Å²) < 4.78 is 13.0. The second-order valence-electron chi connectivity index (χ2n) is 8.86. The van der Waals surface area contributed by atoms with Crippen molar-refractivity contribution in [1.29, 1.82) is 0 Å². The van der Waals surface area contributed by atoms with E-state index in [1.54, 1.807) is 18.3 Å². The van der Waals surface area contributed by atoms with E-state index in [2.05, 4.69) is 9.97 Å². The fourth-order valence-electron chi connectivity index (χ4n) is 4.62. The topological polar surface area (TPSA) is 66.4 Å². The van der Waals surface area contributed by atoms with Crippen molar-refractivity contribution < 1.29 is 14.0 Å². The van der Waals surface area contributed by atoms with E-state index in [0.717, 1.165) is 68.7 Å². The van der Waals surface area contributed by atoms with Crippen LogP contribution in [0.1, 0.15) is 71.9 Å². The van der Waals surface area contributed by atoms with E-state index in [1.165, 1.54) is 12.1 Å². The molecule has 1 aromatic heterocycles. The van der Waals surface area contributed by atoms with Gasteiger partial charge in [0.05, 0.1) is 11.3 Å². The van der Waals surface area contributed by atoms with Gasteiger partial charge in [-0.2, -0.15) is 0 Å². The predicted octanol–water partition coefficient (Wildman–Crippen LogP) is 3.89. The van der Waals surface area contributed by atoms with Crippen LogP contribution < -0.4 is 0 Å². The Balaban J connectivity index is 1.25. The Morgan fingerprint density at radius 3 is 2.38 bits per heavy atom. The van der Waals surface area contributed by atoms with Crippen molar-refractivity contribution in [3.8, 4) is 0 Å². The zero-order chi connectivity index (χ0) is 22.5. The average Bonchev–Trinajstić information content (AvgIpc) is 3.35. The zero-order valence-electron chi connectivity index (χ0n) is 18.7. The van der Waals surface area contributed by atoms with Gasteiger partial charge in [-0.15, -0.1) is 0 Å². The van der Waals surface area contributed by atoms with Crippen LogP contribution >= 0.6 is 0 Å². The number of halogens is 1. The van der Waals surface area contributed by atoms with Crippen molar-refractivity contribution in [2.45, 2.75) is 57.8 Å². The summed E-state index contributed by atoms with van der Waals surface area (Å²) in [5.74, 6) is 0.971. The van der Waals surface area contributed by atoms with Crippen LogP contribution in [0.15, 0.2) is 30.5 Å². The molecule has 4 rings (SSSR count). The number of hydrogen-bond acceptors (Lipinski definition) is 4. The maximum atomic E-state index is 13.0. The van der Waals surface area contributed by atoms with Gasteiger partial charge in [0.15, 0.2) is 0 Å². The Morgan fingerprint density at radius 1 is 1.03 bits per heavy atom. The van der Waals surface area contributed by atoms with Crippen LogP contribution in [0.5, 0.6) is 0 Å². The maximum Gasteiger partial charge on any atom is 0.257 e. The number of amides is 2. The van der Waals surface area contributed by atoms with Gasteiger partial charge in [0.2, 0.25) is 5.91 Å². The molecule has 0 saturated carbocycles. The molecule has 0 bridgehead atoms. The first-order valence-electron chi connectivity index (χ1n) is 11.7. The number of rotatable bonds is 6. The van der Waals surface area contributed by atoms with Gasteiger partial charge in [0.25, 0.3) is 5.91 Å². The fourth-order valence-corrected chi connectivity index (χ4v) is 4.62. The van der Waals surface area contributed by atoms with Crippen molar-refractivity contribution in [2.24, 2.45) is 0 Å². The molecule has 3 heterocycles. The van der Waals surface area contributed by atoms with Gasteiger partial charge in [-0.05, 0) is 63.1 Å². The van der Waals surface area contributed by atoms with E-state index < -0.39 is 0 Å². The number of carbonyl (C=O) groups is 2. The minimum absolute atomic E-state index is 0.0348. The smallest absolute Gasteiger partial charge is 0.257 e. The monoisotopic (exact) mass is 438 g/mol.